The third kappa shape index (κ3) is 4.86. The van der Waals surface area contributed by atoms with Crippen LogP contribution in [0.15, 0.2) is 36.8 Å². The lowest BCUT2D eigenvalue weighted by Crippen LogP contribution is -2.57. The molecule has 0 radical (unpaired) electrons. The summed E-state index contributed by atoms with van der Waals surface area (Å²) in [6, 6.07) is 6.48. The van der Waals surface area contributed by atoms with Gasteiger partial charge < -0.3 is 19.1 Å². The number of alkyl halides is 3. The van der Waals surface area contributed by atoms with Crippen LogP contribution in [0.5, 0.6) is 5.75 Å². The number of likely N-dealkylation sites (N-methyl/N-ethyl adjacent to an activating group) is 1. The molecule has 1 aliphatic carbocycles. The van der Waals surface area contributed by atoms with Crippen LogP contribution in [-0.4, -0.2) is 82.3 Å². The number of rotatable bonds is 7. The number of piperidine rings is 1. The Morgan fingerprint density at radius 1 is 1.18 bits per heavy atom. The van der Waals surface area contributed by atoms with Crippen molar-refractivity contribution in [2.45, 2.75) is 18.9 Å². The second kappa shape index (κ2) is 8.32. The Balaban J connectivity index is 1.27. The molecule has 3 aliphatic rings. The lowest BCUT2D eigenvalue weighted by molar-refractivity contribution is -0.274. The maximum Gasteiger partial charge on any atom is 0.573 e. The Labute approximate surface area is 190 Å². The number of hydrogen-bond acceptors (Lipinski definition) is 5. The van der Waals surface area contributed by atoms with Crippen LogP contribution in [0.1, 0.15) is 16.1 Å². The second-order valence-corrected chi connectivity index (χ2v) is 9.63. The molecule has 1 amide bonds. The van der Waals surface area contributed by atoms with Gasteiger partial charge in [0.15, 0.2) is 0 Å². The number of fused-ring (bicyclic) bond motifs is 1. The molecule has 3 fully saturated rings. The zero-order chi connectivity index (χ0) is 23.3. The van der Waals surface area contributed by atoms with Crippen LogP contribution in [0.2, 0.25) is 0 Å². The van der Waals surface area contributed by atoms with E-state index >= 15 is 0 Å². The fourth-order valence-corrected chi connectivity index (χ4v) is 5.37. The molecule has 2 aromatic rings. The average molecular weight is 464 g/mol. The Hall–Kier alpha value is -2.59. The van der Waals surface area contributed by atoms with Crippen LogP contribution in [-0.2, 0) is 13.6 Å². The summed E-state index contributed by atoms with van der Waals surface area (Å²) in [6.07, 6.45) is -1.52. The van der Waals surface area contributed by atoms with Crippen molar-refractivity contribution < 1.29 is 22.7 Å². The Kier molecular flexibility index (Phi) is 5.60. The lowest BCUT2D eigenvalue weighted by Gasteiger charge is -2.43. The first-order valence-corrected chi connectivity index (χ1v) is 11.2. The summed E-state index contributed by atoms with van der Waals surface area (Å²) in [4.78, 5) is 24.0. The number of benzene rings is 1. The van der Waals surface area contributed by atoms with E-state index in [0.717, 1.165) is 26.2 Å². The molecule has 2 aliphatic heterocycles. The third-order valence-electron chi connectivity index (χ3n) is 7.11. The molecule has 1 aromatic carbocycles. The van der Waals surface area contributed by atoms with Crippen molar-refractivity contribution in [2.24, 2.45) is 24.8 Å². The molecule has 33 heavy (non-hydrogen) atoms. The molecule has 10 heteroatoms. The summed E-state index contributed by atoms with van der Waals surface area (Å²) in [7, 11) is 3.93. The SMILES string of the molecule is CN1CC(N2CC3C(CN(Cc4cccc(OC(F)(F)F)c4)C(=O)c4cn(C)cn4)C3C2)C1. The molecule has 2 unspecified atom stereocenters. The van der Waals surface area contributed by atoms with E-state index in [4.69, 9.17) is 0 Å². The molecule has 2 saturated heterocycles. The molecular weight excluding hydrogens is 435 g/mol. The second-order valence-electron chi connectivity index (χ2n) is 9.63. The normalized spacial score (nSPS) is 25.5. The van der Waals surface area contributed by atoms with E-state index in [2.05, 4.69) is 26.6 Å². The minimum Gasteiger partial charge on any atom is -0.406 e. The molecule has 7 nitrogen and oxygen atoms in total. The van der Waals surface area contributed by atoms with Gasteiger partial charge in [0, 0.05) is 58.6 Å². The van der Waals surface area contributed by atoms with Crippen LogP contribution in [0, 0.1) is 17.8 Å². The average Bonchev–Trinajstić information content (AvgIpc) is 3.07. The smallest absolute Gasteiger partial charge is 0.406 e. The predicted octanol–water partition coefficient (Wildman–Crippen LogP) is 2.45. The summed E-state index contributed by atoms with van der Waals surface area (Å²) in [5.74, 6) is 1.08. The third-order valence-corrected chi connectivity index (χ3v) is 7.11. The van der Waals surface area contributed by atoms with Gasteiger partial charge in [0.1, 0.15) is 11.4 Å². The van der Waals surface area contributed by atoms with Gasteiger partial charge in [-0.1, -0.05) is 12.1 Å². The van der Waals surface area contributed by atoms with E-state index in [9.17, 15) is 18.0 Å². The van der Waals surface area contributed by atoms with Gasteiger partial charge in [0.05, 0.1) is 6.33 Å². The quantitative estimate of drug-likeness (QED) is 0.632. The minimum atomic E-state index is -4.76. The van der Waals surface area contributed by atoms with Crippen LogP contribution in [0.25, 0.3) is 0 Å². The van der Waals surface area contributed by atoms with Crippen molar-refractivity contribution in [1.29, 1.82) is 0 Å². The van der Waals surface area contributed by atoms with E-state index in [1.54, 1.807) is 35.1 Å². The monoisotopic (exact) mass is 463 g/mol. The topological polar surface area (TPSA) is 53.8 Å². The van der Waals surface area contributed by atoms with Crippen LogP contribution in [0.3, 0.4) is 0 Å². The molecule has 178 valence electrons. The van der Waals surface area contributed by atoms with Gasteiger partial charge in [-0.15, -0.1) is 13.2 Å². The molecule has 1 aromatic heterocycles. The number of carbonyl (C=O) groups excluding carboxylic acids is 1. The van der Waals surface area contributed by atoms with Gasteiger partial charge in [0.2, 0.25) is 0 Å². The summed E-state index contributed by atoms with van der Waals surface area (Å²) in [6.45, 7) is 5.14. The first-order chi connectivity index (χ1) is 15.7. The van der Waals surface area contributed by atoms with Gasteiger partial charge in [-0.05, 0) is 42.5 Å². The molecule has 1 saturated carbocycles. The highest BCUT2D eigenvalue weighted by Crippen LogP contribution is 2.53. The number of carbonyl (C=O) groups is 1. The summed E-state index contributed by atoms with van der Waals surface area (Å²) in [5.41, 5.74) is 0.927. The van der Waals surface area contributed by atoms with Crippen LogP contribution in [0.4, 0.5) is 13.2 Å². The van der Waals surface area contributed by atoms with Crippen molar-refractivity contribution in [3.8, 4) is 5.75 Å². The molecule has 5 rings (SSSR count). The van der Waals surface area contributed by atoms with Crippen molar-refractivity contribution >= 4 is 5.91 Å². The van der Waals surface area contributed by atoms with Gasteiger partial charge in [0.25, 0.3) is 5.91 Å². The molecule has 0 N–H and O–H groups in total. The molecule has 0 bridgehead atoms. The fraction of sp³-hybridized carbons (Fsp3) is 0.565. The number of ether oxygens (including phenoxy) is 1. The van der Waals surface area contributed by atoms with E-state index < -0.39 is 6.36 Å². The summed E-state index contributed by atoms with van der Waals surface area (Å²) >= 11 is 0. The molecule has 0 spiro atoms. The van der Waals surface area contributed by atoms with Crippen molar-refractivity contribution in [3.63, 3.8) is 0 Å². The predicted molar refractivity (Wildman–Crippen MR) is 114 cm³/mol. The van der Waals surface area contributed by atoms with Crippen LogP contribution >= 0.6 is 0 Å². The number of aryl methyl sites for hydroxylation is 1. The molecular formula is C23H28F3N5O2. The number of hydrogen-bond donors (Lipinski definition) is 0. The van der Waals surface area contributed by atoms with Crippen molar-refractivity contribution in [3.05, 3.63) is 48.0 Å². The number of nitrogens with zero attached hydrogens (tertiary/aromatic N) is 5. The zero-order valence-electron chi connectivity index (χ0n) is 18.7. The largest absolute Gasteiger partial charge is 0.573 e. The summed E-state index contributed by atoms with van der Waals surface area (Å²) < 4.78 is 43.7. The Bertz CT molecular complexity index is 1010. The highest BCUT2D eigenvalue weighted by Gasteiger charge is 2.57. The maximum atomic E-state index is 13.2. The van der Waals surface area contributed by atoms with E-state index in [1.165, 1.54) is 18.2 Å². The maximum absolute atomic E-state index is 13.2. The van der Waals surface area contributed by atoms with E-state index in [-0.39, 0.29) is 18.2 Å². The van der Waals surface area contributed by atoms with Crippen molar-refractivity contribution in [2.75, 3.05) is 39.8 Å². The van der Waals surface area contributed by atoms with Gasteiger partial charge in [-0.3, -0.25) is 9.69 Å². The highest BCUT2D eigenvalue weighted by molar-refractivity contribution is 5.92. The van der Waals surface area contributed by atoms with Crippen LogP contribution < -0.4 is 4.74 Å². The number of amides is 1. The number of halogens is 3. The number of aromatic nitrogens is 2. The minimum absolute atomic E-state index is 0.206. The zero-order valence-corrected chi connectivity index (χ0v) is 18.7. The standard InChI is InChI=1S/C23H28F3N5O2/c1-28-8-16(9-28)30-10-18-19(11-30)20(18)12-31(22(32)21-13-29(2)14-27-21)7-15-4-3-5-17(6-15)33-23(24,25)26/h3-6,13-14,16,18-20H,7-12H2,1-2H3. The summed E-state index contributed by atoms with van der Waals surface area (Å²) in [5, 5.41) is 0. The first-order valence-electron chi connectivity index (χ1n) is 11.2. The lowest BCUT2D eigenvalue weighted by atomic mass is 10.1. The van der Waals surface area contributed by atoms with Crippen molar-refractivity contribution in [1.82, 2.24) is 24.3 Å². The molecule has 2 atom stereocenters. The Morgan fingerprint density at radius 2 is 1.91 bits per heavy atom. The first kappa shape index (κ1) is 22.2. The number of imidazole rings is 1. The Morgan fingerprint density at radius 3 is 2.52 bits per heavy atom. The van der Waals surface area contributed by atoms with Gasteiger partial charge in [-0.2, -0.15) is 0 Å². The van der Waals surface area contributed by atoms with E-state index in [1.807, 2.05) is 0 Å². The van der Waals surface area contributed by atoms with E-state index in [0.29, 0.717) is 41.6 Å². The molecule has 3 heterocycles. The highest BCUT2D eigenvalue weighted by atomic mass is 19.4. The number of likely N-dealkylation sites (tertiary alicyclic amines) is 2. The van der Waals surface area contributed by atoms with Gasteiger partial charge >= 0.3 is 6.36 Å². The fourth-order valence-electron chi connectivity index (χ4n) is 5.37. The van der Waals surface area contributed by atoms with Gasteiger partial charge in [-0.25, -0.2) is 4.98 Å².